The van der Waals surface area contributed by atoms with Crippen molar-refractivity contribution in [2.24, 2.45) is 0 Å². The summed E-state index contributed by atoms with van der Waals surface area (Å²) in [6.07, 6.45) is 0.702. The number of aromatic carboxylic acids is 1. The number of thiophene rings is 1. The van der Waals surface area contributed by atoms with Gasteiger partial charge in [0.1, 0.15) is 11.5 Å². The average Bonchev–Trinajstić information content (AvgIpc) is 2.94. The van der Waals surface area contributed by atoms with Crippen LogP contribution < -0.4 is 4.74 Å². The standard InChI is InChI=1S/C14H13NO5S/c1-2-9-3-5-12(11(7-9)15(18)19)20-8-10-4-6-13(21-10)14(16)17/h3-7H,2,8H2,1H3,(H,16,17). The Labute approximate surface area is 124 Å². The Kier molecular flexibility index (Phi) is 4.54. The maximum atomic E-state index is 11.0. The zero-order valence-electron chi connectivity index (χ0n) is 11.2. The lowest BCUT2D eigenvalue weighted by Crippen LogP contribution is -1.99. The van der Waals surface area contributed by atoms with Gasteiger partial charge in [-0.25, -0.2) is 4.79 Å². The Hall–Kier alpha value is -2.41. The van der Waals surface area contributed by atoms with Crippen LogP contribution in [0.25, 0.3) is 0 Å². The molecule has 0 bridgehead atoms. The van der Waals surface area contributed by atoms with Crippen molar-refractivity contribution in [2.75, 3.05) is 0 Å². The normalized spacial score (nSPS) is 10.3. The van der Waals surface area contributed by atoms with Crippen molar-refractivity contribution in [1.82, 2.24) is 0 Å². The molecule has 0 aliphatic rings. The van der Waals surface area contributed by atoms with Gasteiger partial charge in [-0.3, -0.25) is 10.1 Å². The number of benzene rings is 1. The number of ether oxygens (including phenoxy) is 1. The predicted molar refractivity (Wildman–Crippen MR) is 78.1 cm³/mol. The van der Waals surface area contributed by atoms with E-state index < -0.39 is 10.9 Å². The van der Waals surface area contributed by atoms with Crippen molar-refractivity contribution in [3.8, 4) is 5.75 Å². The molecule has 6 nitrogen and oxygen atoms in total. The quantitative estimate of drug-likeness (QED) is 0.651. The van der Waals surface area contributed by atoms with Gasteiger partial charge in [-0.05, 0) is 30.2 Å². The van der Waals surface area contributed by atoms with Crippen molar-refractivity contribution < 1.29 is 19.6 Å². The van der Waals surface area contributed by atoms with E-state index in [1.54, 1.807) is 18.2 Å². The fourth-order valence-corrected chi connectivity index (χ4v) is 2.53. The molecule has 0 saturated heterocycles. The number of aryl methyl sites for hydroxylation is 1. The van der Waals surface area contributed by atoms with Crippen LogP contribution in [0, 0.1) is 10.1 Å². The molecule has 0 aliphatic carbocycles. The summed E-state index contributed by atoms with van der Waals surface area (Å²) in [5.41, 5.74) is 0.780. The van der Waals surface area contributed by atoms with Crippen molar-refractivity contribution in [3.63, 3.8) is 0 Å². The third kappa shape index (κ3) is 3.57. The number of carboxylic acid groups (broad SMARTS) is 1. The molecule has 0 saturated carbocycles. The van der Waals surface area contributed by atoms with Gasteiger partial charge in [0.2, 0.25) is 0 Å². The highest BCUT2D eigenvalue weighted by molar-refractivity contribution is 7.13. The highest BCUT2D eigenvalue weighted by Gasteiger charge is 2.16. The second-order valence-corrected chi connectivity index (χ2v) is 5.44. The number of carboxylic acids is 1. The van der Waals surface area contributed by atoms with Gasteiger partial charge < -0.3 is 9.84 Å². The van der Waals surface area contributed by atoms with Gasteiger partial charge in [0, 0.05) is 10.9 Å². The first-order valence-corrected chi connectivity index (χ1v) is 7.05. The van der Waals surface area contributed by atoms with Gasteiger partial charge in [0.25, 0.3) is 0 Å². The number of nitrogens with zero attached hydrogens (tertiary/aromatic N) is 1. The molecule has 0 spiro atoms. The molecule has 1 N–H and O–H groups in total. The summed E-state index contributed by atoms with van der Waals surface area (Å²) < 4.78 is 5.45. The number of rotatable bonds is 6. The van der Waals surface area contributed by atoms with E-state index in [-0.39, 0.29) is 22.9 Å². The molecular weight excluding hydrogens is 294 g/mol. The largest absolute Gasteiger partial charge is 0.481 e. The second-order valence-electron chi connectivity index (χ2n) is 4.27. The van der Waals surface area contributed by atoms with Gasteiger partial charge in [-0.15, -0.1) is 11.3 Å². The third-order valence-electron chi connectivity index (χ3n) is 2.87. The molecule has 0 unspecified atom stereocenters. The number of nitro benzene ring substituents is 1. The zero-order valence-corrected chi connectivity index (χ0v) is 12.1. The Morgan fingerprint density at radius 3 is 2.71 bits per heavy atom. The summed E-state index contributed by atoms with van der Waals surface area (Å²) in [7, 11) is 0. The van der Waals surface area contributed by atoms with Gasteiger partial charge in [0.05, 0.1) is 4.92 Å². The van der Waals surface area contributed by atoms with Crippen molar-refractivity contribution in [3.05, 3.63) is 55.8 Å². The molecule has 2 rings (SSSR count). The van der Waals surface area contributed by atoms with Gasteiger partial charge >= 0.3 is 11.7 Å². The van der Waals surface area contributed by atoms with Crippen LogP contribution in [-0.2, 0) is 13.0 Å². The maximum absolute atomic E-state index is 11.0. The van der Waals surface area contributed by atoms with Gasteiger partial charge in [-0.2, -0.15) is 0 Å². The van der Waals surface area contributed by atoms with E-state index in [1.165, 1.54) is 12.1 Å². The highest BCUT2D eigenvalue weighted by Crippen LogP contribution is 2.29. The molecule has 0 amide bonds. The first kappa shape index (κ1) is 15.0. The smallest absolute Gasteiger partial charge is 0.345 e. The lowest BCUT2D eigenvalue weighted by molar-refractivity contribution is -0.386. The van der Waals surface area contributed by atoms with Crippen LogP contribution in [0.2, 0.25) is 0 Å². The van der Waals surface area contributed by atoms with E-state index in [2.05, 4.69) is 0 Å². The monoisotopic (exact) mass is 307 g/mol. The van der Waals surface area contributed by atoms with E-state index in [0.717, 1.165) is 16.9 Å². The minimum absolute atomic E-state index is 0.0793. The van der Waals surface area contributed by atoms with Gasteiger partial charge in [0.15, 0.2) is 5.75 Å². The SMILES string of the molecule is CCc1ccc(OCc2ccc(C(=O)O)s2)c([N+](=O)[O-])c1. The molecule has 1 aromatic heterocycles. The molecule has 0 radical (unpaired) electrons. The van der Waals surface area contributed by atoms with Crippen molar-refractivity contribution in [2.45, 2.75) is 20.0 Å². The van der Waals surface area contributed by atoms with E-state index in [0.29, 0.717) is 11.3 Å². The van der Waals surface area contributed by atoms with Crippen LogP contribution in [0.4, 0.5) is 5.69 Å². The number of hydrogen-bond acceptors (Lipinski definition) is 5. The van der Waals surface area contributed by atoms with E-state index in [9.17, 15) is 14.9 Å². The number of carbonyl (C=O) groups is 1. The van der Waals surface area contributed by atoms with Crippen molar-refractivity contribution in [1.29, 1.82) is 0 Å². The second kappa shape index (κ2) is 6.36. The Bertz CT molecular complexity index is 680. The highest BCUT2D eigenvalue weighted by atomic mass is 32.1. The molecule has 0 fully saturated rings. The lowest BCUT2D eigenvalue weighted by atomic mass is 10.1. The van der Waals surface area contributed by atoms with Crippen molar-refractivity contribution >= 4 is 23.0 Å². The number of hydrogen-bond donors (Lipinski definition) is 1. The maximum Gasteiger partial charge on any atom is 0.345 e. The molecule has 21 heavy (non-hydrogen) atoms. The first-order valence-electron chi connectivity index (χ1n) is 6.23. The summed E-state index contributed by atoms with van der Waals surface area (Å²) in [5.74, 6) is -0.813. The summed E-state index contributed by atoms with van der Waals surface area (Å²) in [4.78, 5) is 22.3. The fourth-order valence-electron chi connectivity index (χ4n) is 1.77. The zero-order chi connectivity index (χ0) is 15.4. The van der Waals surface area contributed by atoms with Crippen LogP contribution in [0.3, 0.4) is 0 Å². The molecule has 0 aliphatic heterocycles. The van der Waals surface area contributed by atoms with Crippen LogP contribution in [0.5, 0.6) is 5.75 Å². The van der Waals surface area contributed by atoms with Crippen LogP contribution >= 0.6 is 11.3 Å². The molecule has 1 heterocycles. The topological polar surface area (TPSA) is 89.7 Å². The Morgan fingerprint density at radius 2 is 2.14 bits per heavy atom. The Balaban J connectivity index is 2.15. The molecule has 110 valence electrons. The Morgan fingerprint density at radius 1 is 1.38 bits per heavy atom. The summed E-state index contributed by atoms with van der Waals surface area (Å²) in [6, 6.07) is 7.97. The third-order valence-corrected chi connectivity index (χ3v) is 3.92. The van der Waals surface area contributed by atoms with Crippen LogP contribution in [0.1, 0.15) is 27.0 Å². The molecule has 1 aromatic carbocycles. The molecule has 2 aromatic rings. The number of nitro groups is 1. The van der Waals surface area contributed by atoms with E-state index in [4.69, 9.17) is 9.84 Å². The fraction of sp³-hybridized carbons (Fsp3) is 0.214. The summed E-state index contributed by atoms with van der Waals surface area (Å²) in [6.45, 7) is 2.02. The molecular formula is C14H13NO5S. The first-order chi connectivity index (χ1) is 10.0. The van der Waals surface area contributed by atoms with E-state index >= 15 is 0 Å². The average molecular weight is 307 g/mol. The minimum Gasteiger partial charge on any atom is -0.481 e. The lowest BCUT2D eigenvalue weighted by Gasteiger charge is -2.06. The van der Waals surface area contributed by atoms with E-state index in [1.807, 2.05) is 6.92 Å². The van der Waals surface area contributed by atoms with Crippen LogP contribution in [0.15, 0.2) is 30.3 Å². The molecule has 7 heteroatoms. The minimum atomic E-state index is -0.996. The van der Waals surface area contributed by atoms with Crippen LogP contribution in [-0.4, -0.2) is 16.0 Å². The summed E-state index contributed by atoms with van der Waals surface area (Å²) in [5, 5.41) is 19.9. The molecule has 0 atom stereocenters. The predicted octanol–water partition coefficient (Wildman–Crippen LogP) is 3.50. The van der Waals surface area contributed by atoms with Gasteiger partial charge in [-0.1, -0.05) is 13.0 Å². The summed E-state index contributed by atoms with van der Waals surface area (Å²) >= 11 is 1.09.